The van der Waals surface area contributed by atoms with Gasteiger partial charge in [0.25, 0.3) is 0 Å². The summed E-state index contributed by atoms with van der Waals surface area (Å²) in [6, 6.07) is 0. The van der Waals surface area contributed by atoms with E-state index in [1.807, 2.05) is 6.92 Å². The van der Waals surface area contributed by atoms with Crippen LogP contribution in [0.25, 0.3) is 0 Å². The first kappa shape index (κ1) is 34.4. The smallest absolute Gasteiger partial charge is 0.306 e. The van der Waals surface area contributed by atoms with E-state index in [-0.39, 0.29) is 25.6 Å². The highest BCUT2D eigenvalue weighted by atomic mass is 16.7. The summed E-state index contributed by atoms with van der Waals surface area (Å²) >= 11 is 0. The molecule has 1 fully saturated rings. The summed E-state index contributed by atoms with van der Waals surface area (Å²) in [4.78, 5) is 12.0. The van der Waals surface area contributed by atoms with Crippen molar-refractivity contribution in [2.45, 2.75) is 115 Å². The molecule has 0 aromatic heterocycles. The summed E-state index contributed by atoms with van der Waals surface area (Å²) in [5.74, 6) is -0.379. The van der Waals surface area contributed by atoms with E-state index < -0.39 is 43.4 Å². The predicted octanol–water partition coefficient (Wildman–Crippen LogP) is 3.34. The molecule has 0 amide bonds. The lowest BCUT2D eigenvalue weighted by Crippen LogP contribution is -2.59. The molecule has 1 rings (SSSR count). The summed E-state index contributed by atoms with van der Waals surface area (Å²) in [6.07, 6.45) is 14.8. The van der Waals surface area contributed by atoms with Gasteiger partial charge in [0, 0.05) is 13.0 Å². The van der Waals surface area contributed by atoms with Gasteiger partial charge in [0.05, 0.1) is 19.8 Å². The van der Waals surface area contributed by atoms with Crippen LogP contribution < -0.4 is 0 Å². The number of carbonyl (C=O) groups is 1. The fourth-order valence-corrected chi connectivity index (χ4v) is 3.83. The molecular formula is C29H50O9. The van der Waals surface area contributed by atoms with Crippen molar-refractivity contribution in [1.29, 1.82) is 0 Å². The van der Waals surface area contributed by atoms with E-state index in [0.29, 0.717) is 13.0 Å². The molecule has 0 spiro atoms. The van der Waals surface area contributed by atoms with Crippen molar-refractivity contribution in [2.75, 3.05) is 26.4 Å². The number of unbranched alkanes of at least 4 members (excludes halogenated alkanes) is 4. The average Bonchev–Trinajstić information content (AvgIpc) is 2.91. The summed E-state index contributed by atoms with van der Waals surface area (Å²) < 4.78 is 22.0. The quantitative estimate of drug-likeness (QED) is 0.0978. The lowest BCUT2D eigenvalue weighted by atomic mass is 9.99. The van der Waals surface area contributed by atoms with Crippen molar-refractivity contribution in [1.82, 2.24) is 0 Å². The first-order valence-corrected chi connectivity index (χ1v) is 14.1. The molecule has 6 unspecified atom stereocenters. The van der Waals surface area contributed by atoms with Crippen molar-refractivity contribution in [3.05, 3.63) is 36.5 Å². The zero-order chi connectivity index (χ0) is 28.0. The van der Waals surface area contributed by atoms with Crippen molar-refractivity contribution in [3.8, 4) is 0 Å². The molecule has 1 heterocycles. The van der Waals surface area contributed by atoms with Crippen LogP contribution in [-0.2, 0) is 23.7 Å². The molecule has 0 saturated carbocycles. The molecule has 0 radical (unpaired) electrons. The number of esters is 1. The molecule has 1 aliphatic rings. The Bertz CT molecular complexity index is 677. The highest BCUT2D eigenvalue weighted by Gasteiger charge is 2.44. The second-order valence-corrected chi connectivity index (χ2v) is 9.46. The summed E-state index contributed by atoms with van der Waals surface area (Å²) in [6.45, 7) is 3.97. The minimum Gasteiger partial charge on any atom is -0.457 e. The van der Waals surface area contributed by atoms with Gasteiger partial charge in [-0.25, -0.2) is 0 Å². The highest BCUT2D eigenvalue weighted by Crippen LogP contribution is 2.22. The number of hydrogen-bond acceptors (Lipinski definition) is 9. The summed E-state index contributed by atoms with van der Waals surface area (Å²) in [7, 11) is 0. The van der Waals surface area contributed by atoms with Crippen LogP contribution in [-0.4, -0.2) is 89.6 Å². The maximum absolute atomic E-state index is 12.0. The fraction of sp³-hybridized carbons (Fsp3) is 0.759. The van der Waals surface area contributed by atoms with Gasteiger partial charge in [0.2, 0.25) is 0 Å². The Morgan fingerprint density at radius 1 is 0.868 bits per heavy atom. The van der Waals surface area contributed by atoms with Crippen LogP contribution in [0.1, 0.15) is 78.1 Å². The predicted molar refractivity (Wildman–Crippen MR) is 145 cm³/mol. The van der Waals surface area contributed by atoms with Gasteiger partial charge in [-0.15, -0.1) is 0 Å². The van der Waals surface area contributed by atoms with Crippen LogP contribution in [0, 0.1) is 0 Å². The van der Waals surface area contributed by atoms with Gasteiger partial charge in [-0.05, 0) is 44.9 Å². The van der Waals surface area contributed by atoms with Gasteiger partial charge in [-0.2, -0.15) is 0 Å². The summed E-state index contributed by atoms with van der Waals surface area (Å²) in [5, 5.41) is 39.3. The van der Waals surface area contributed by atoms with Crippen LogP contribution >= 0.6 is 0 Å². The van der Waals surface area contributed by atoms with E-state index in [9.17, 15) is 25.2 Å². The highest BCUT2D eigenvalue weighted by molar-refractivity contribution is 5.69. The third-order valence-electron chi connectivity index (χ3n) is 6.04. The van der Waals surface area contributed by atoms with E-state index in [2.05, 4.69) is 43.4 Å². The Morgan fingerprint density at radius 3 is 2.24 bits per heavy atom. The van der Waals surface area contributed by atoms with Crippen LogP contribution in [0.3, 0.4) is 0 Å². The lowest BCUT2D eigenvalue weighted by molar-refractivity contribution is -0.305. The Morgan fingerprint density at radius 2 is 1.55 bits per heavy atom. The van der Waals surface area contributed by atoms with Crippen LogP contribution in [0.2, 0.25) is 0 Å². The van der Waals surface area contributed by atoms with E-state index in [0.717, 1.165) is 51.4 Å². The van der Waals surface area contributed by atoms with Crippen molar-refractivity contribution in [2.24, 2.45) is 0 Å². The van der Waals surface area contributed by atoms with E-state index >= 15 is 0 Å². The monoisotopic (exact) mass is 542 g/mol. The second kappa shape index (κ2) is 22.2. The van der Waals surface area contributed by atoms with Crippen molar-refractivity contribution < 1.29 is 44.2 Å². The maximum atomic E-state index is 12.0. The van der Waals surface area contributed by atoms with E-state index in [1.165, 1.54) is 0 Å². The van der Waals surface area contributed by atoms with Crippen LogP contribution in [0.15, 0.2) is 36.5 Å². The van der Waals surface area contributed by atoms with Gasteiger partial charge in [0.15, 0.2) is 6.29 Å². The normalized spacial score (nSPS) is 25.1. The molecular weight excluding hydrogens is 492 g/mol. The van der Waals surface area contributed by atoms with Gasteiger partial charge < -0.3 is 39.4 Å². The molecule has 1 saturated heterocycles. The van der Waals surface area contributed by atoms with Gasteiger partial charge in [0.1, 0.15) is 30.5 Å². The standard InChI is InChI=1S/C29H50O9/c1-3-5-6-7-8-9-10-11-12-13-14-15-16-17-19-35-21-23(37-25(31)18-4-2)22-36-29-28(34)27(33)26(32)24(20-30)38-29/h5-6,8-9,11-12,23-24,26-30,32-34H,3-4,7,10,13-22H2,1-2H3/b6-5-,9-8-,12-11-. The average molecular weight is 543 g/mol. The largest absolute Gasteiger partial charge is 0.457 e. The molecule has 0 aliphatic carbocycles. The molecule has 9 heteroatoms. The maximum Gasteiger partial charge on any atom is 0.306 e. The molecule has 6 atom stereocenters. The van der Waals surface area contributed by atoms with E-state index in [4.69, 9.17) is 18.9 Å². The SMILES string of the molecule is CC/C=C\C/C=C\C/C=C\CCCCCCOCC(COC1OC(CO)C(O)C(O)C1O)OC(=O)CCC. The molecule has 0 bridgehead atoms. The number of aliphatic hydroxyl groups is 4. The van der Waals surface area contributed by atoms with E-state index in [1.54, 1.807) is 0 Å². The first-order chi connectivity index (χ1) is 18.4. The topological polar surface area (TPSA) is 135 Å². The van der Waals surface area contributed by atoms with Crippen LogP contribution in [0.4, 0.5) is 0 Å². The number of aliphatic hydroxyl groups excluding tert-OH is 4. The first-order valence-electron chi connectivity index (χ1n) is 14.1. The lowest BCUT2D eigenvalue weighted by Gasteiger charge is -2.39. The Kier molecular flexibility index (Phi) is 20.2. The molecule has 0 aromatic rings. The molecule has 0 aromatic carbocycles. The number of carbonyl (C=O) groups excluding carboxylic acids is 1. The summed E-state index contributed by atoms with van der Waals surface area (Å²) in [5.41, 5.74) is 0. The molecule has 38 heavy (non-hydrogen) atoms. The third-order valence-corrected chi connectivity index (χ3v) is 6.04. The number of allylic oxidation sites excluding steroid dienone is 6. The minimum atomic E-state index is -1.53. The molecule has 4 N–H and O–H groups in total. The minimum absolute atomic E-state index is 0.122. The van der Waals surface area contributed by atoms with Gasteiger partial charge in [-0.3, -0.25) is 4.79 Å². The Hall–Kier alpha value is -1.59. The number of ether oxygens (including phenoxy) is 4. The molecule has 220 valence electrons. The molecule has 1 aliphatic heterocycles. The van der Waals surface area contributed by atoms with Gasteiger partial charge >= 0.3 is 5.97 Å². The molecule has 9 nitrogen and oxygen atoms in total. The van der Waals surface area contributed by atoms with Crippen LogP contribution in [0.5, 0.6) is 0 Å². The Balaban J connectivity index is 2.27. The number of rotatable bonds is 21. The third kappa shape index (κ3) is 15.1. The fourth-order valence-electron chi connectivity index (χ4n) is 3.83. The Labute approximate surface area is 228 Å². The van der Waals surface area contributed by atoms with Crippen molar-refractivity contribution >= 4 is 5.97 Å². The second-order valence-electron chi connectivity index (χ2n) is 9.46. The van der Waals surface area contributed by atoms with Crippen molar-refractivity contribution in [3.63, 3.8) is 0 Å². The van der Waals surface area contributed by atoms with Gasteiger partial charge in [-0.1, -0.05) is 63.1 Å². The zero-order valence-electron chi connectivity index (χ0n) is 23.2. The zero-order valence-corrected chi connectivity index (χ0v) is 23.2. The number of hydrogen-bond donors (Lipinski definition) is 4.